The molecule has 214 valence electrons. The highest BCUT2D eigenvalue weighted by Crippen LogP contribution is 2.29. The minimum absolute atomic E-state index is 0.529. The number of nitrogens with zero attached hydrogens (tertiary/aromatic N) is 1. The highest BCUT2D eigenvalue weighted by atomic mass is 15.2. The van der Waals surface area contributed by atoms with E-state index >= 15 is 0 Å². The van der Waals surface area contributed by atoms with Crippen LogP contribution in [0.5, 0.6) is 0 Å². The quantitative estimate of drug-likeness (QED) is 0.112. The van der Waals surface area contributed by atoms with E-state index in [0.717, 1.165) is 44.3 Å². The number of hydrogen-bond acceptors (Lipinski definition) is 2. The van der Waals surface area contributed by atoms with E-state index in [0.29, 0.717) is 12.0 Å². The molecule has 1 heterocycles. The van der Waals surface area contributed by atoms with Crippen LogP contribution in [0.4, 0.5) is 0 Å². The molecule has 0 bridgehead atoms. The minimum atomic E-state index is 0.529. The van der Waals surface area contributed by atoms with Crippen LogP contribution in [-0.2, 0) is 0 Å². The first kappa shape index (κ1) is 39.4. The fourth-order valence-corrected chi connectivity index (χ4v) is 4.07. The molecular formula is C35H64N2. The second kappa shape index (κ2) is 30.1. The molecule has 0 saturated carbocycles. The molecule has 1 aliphatic heterocycles. The summed E-state index contributed by atoms with van der Waals surface area (Å²) >= 11 is 0. The first-order valence-electron chi connectivity index (χ1n) is 15.1. The molecule has 0 aromatic rings. The molecule has 37 heavy (non-hydrogen) atoms. The van der Waals surface area contributed by atoms with Gasteiger partial charge in [0.05, 0.1) is 6.04 Å². The molecule has 1 rings (SSSR count). The summed E-state index contributed by atoms with van der Waals surface area (Å²) in [5, 5.41) is 3.51. The average Bonchev–Trinajstić information content (AvgIpc) is 3.21. The third-order valence-corrected chi connectivity index (χ3v) is 6.48. The fourth-order valence-electron chi connectivity index (χ4n) is 4.07. The molecule has 1 N–H and O–H groups in total. The topological polar surface area (TPSA) is 15.3 Å². The minimum Gasteiger partial charge on any atom is -0.389 e. The van der Waals surface area contributed by atoms with Gasteiger partial charge in [0.2, 0.25) is 0 Å². The summed E-state index contributed by atoms with van der Waals surface area (Å²) in [5.41, 5.74) is 3.86. The van der Waals surface area contributed by atoms with Crippen LogP contribution in [0.2, 0.25) is 0 Å². The molecule has 2 heteroatoms. The maximum atomic E-state index is 5.29. The molecule has 0 amide bonds. The van der Waals surface area contributed by atoms with Crippen molar-refractivity contribution in [3.63, 3.8) is 0 Å². The Morgan fingerprint density at radius 2 is 1.62 bits per heavy atom. The Morgan fingerprint density at radius 3 is 2.14 bits per heavy atom. The molecule has 2 atom stereocenters. The Balaban J connectivity index is -0.000000744. The van der Waals surface area contributed by atoms with Crippen molar-refractivity contribution in [2.75, 3.05) is 13.6 Å². The molecule has 0 fully saturated rings. The third kappa shape index (κ3) is 21.6. The summed E-state index contributed by atoms with van der Waals surface area (Å²) in [4.78, 5) is 2.32. The van der Waals surface area contributed by atoms with Crippen molar-refractivity contribution in [2.45, 2.75) is 131 Å². The van der Waals surface area contributed by atoms with Gasteiger partial charge in [-0.2, -0.15) is 0 Å². The van der Waals surface area contributed by atoms with Gasteiger partial charge in [0.25, 0.3) is 0 Å². The van der Waals surface area contributed by atoms with E-state index in [1.165, 1.54) is 62.6 Å². The van der Waals surface area contributed by atoms with E-state index in [1.54, 1.807) is 0 Å². The van der Waals surface area contributed by atoms with Crippen molar-refractivity contribution in [3.8, 4) is 12.3 Å². The van der Waals surface area contributed by atoms with Crippen molar-refractivity contribution < 1.29 is 0 Å². The van der Waals surface area contributed by atoms with Crippen LogP contribution in [-0.4, -0.2) is 24.5 Å². The van der Waals surface area contributed by atoms with Crippen molar-refractivity contribution >= 4 is 0 Å². The SMILES string of the molecule is C#CCCCCC(C)C(=C)NCCCCC1C(CC)=CC(=C)N1C.C=CCCCCCC=C.CC.CC. The van der Waals surface area contributed by atoms with Crippen molar-refractivity contribution in [1.29, 1.82) is 0 Å². The van der Waals surface area contributed by atoms with Crippen LogP contribution in [0.25, 0.3) is 0 Å². The standard InChI is InChI=1S/C22H36N2.C9H16.2C2H6/c1-7-9-10-11-14-18(3)20(5)23-16-13-12-15-22-21(8-2)17-19(4)24(22)6;1-3-5-7-9-8-6-4-2;2*1-2/h1,17-18,22-23H,4-5,8-16H2,2-3,6H3;3-4H,1-2,5-9H2;2*1-2H3. The molecular weight excluding hydrogens is 448 g/mol. The Morgan fingerprint density at radius 1 is 1.03 bits per heavy atom. The van der Waals surface area contributed by atoms with E-state index in [4.69, 9.17) is 6.42 Å². The Bertz CT molecular complexity index is 624. The second-order valence-corrected chi connectivity index (χ2v) is 9.20. The van der Waals surface area contributed by atoms with Crippen molar-refractivity contribution in [3.05, 3.63) is 61.5 Å². The fraction of sp³-hybridized carbons (Fsp3) is 0.657. The number of allylic oxidation sites excluding steroid dienone is 4. The molecule has 1 aliphatic rings. The van der Waals surface area contributed by atoms with Gasteiger partial charge in [-0.15, -0.1) is 25.5 Å². The molecule has 2 unspecified atom stereocenters. The molecule has 0 aromatic carbocycles. The van der Waals surface area contributed by atoms with Gasteiger partial charge in [0, 0.05) is 31.4 Å². The van der Waals surface area contributed by atoms with Gasteiger partial charge >= 0.3 is 0 Å². The lowest BCUT2D eigenvalue weighted by Gasteiger charge is -2.25. The Kier molecular flexibility index (Phi) is 32.0. The van der Waals surface area contributed by atoms with E-state index in [2.05, 4.69) is 69.4 Å². The van der Waals surface area contributed by atoms with Crippen LogP contribution in [0.3, 0.4) is 0 Å². The number of unbranched alkanes of at least 4 members (excludes halogenated alkanes) is 7. The number of rotatable bonds is 18. The summed E-state index contributed by atoms with van der Waals surface area (Å²) < 4.78 is 0. The van der Waals surface area contributed by atoms with Gasteiger partial charge in [0.15, 0.2) is 0 Å². The molecule has 2 nitrogen and oxygen atoms in total. The highest BCUT2D eigenvalue weighted by Gasteiger charge is 2.24. The van der Waals surface area contributed by atoms with Gasteiger partial charge in [0.1, 0.15) is 0 Å². The molecule has 0 saturated heterocycles. The molecule has 0 aliphatic carbocycles. The predicted octanol–water partition coefficient (Wildman–Crippen LogP) is 10.6. The zero-order valence-electron chi connectivity index (χ0n) is 26.1. The van der Waals surface area contributed by atoms with Crippen LogP contribution >= 0.6 is 0 Å². The largest absolute Gasteiger partial charge is 0.389 e. The predicted molar refractivity (Wildman–Crippen MR) is 173 cm³/mol. The zero-order valence-corrected chi connectivity index (χ0v) is 26.1. The number of hydrogen-bond donors (Lipinski definition) is 1. The third-order valence-electron chi connectivity index (χ3n) is 6.48. The van der Waals surface area contributed by atoms with Crippen LogP contribution in [0, 0.1) is 18.3 Å². The van der Waals surface area contributed by atoms with Gasteiger partial charge in [-0.3, -0.25) is 0 Å². The smallest absolute Gasteiger partial charge is 0.0502 e. The monoisotopic (exact) mass is 513 g/mol. The first-order chi connectivity index (χ1) is 17.9. The van der Waals surface area contributed by atoms with Crippen LogP contribution in [0.15, 0.2) is 61.5 Å². The second-order valence-electron chi connectivity index (χ2n) is 9.20. The molecule has 0 aromatic heterocycles. The summed E-state index contributed by atoms with van der Waals surface area (Å²) in [6, 6.07) is 0.556. The van der Waals surface area contributed by atoms with Crippen LogP contribution < -0.4 is 5.32 Å². The Hall–Kier alpha value is -2.14. The van der Waals surface area contributed by atoms with E-state index in [1.807, 2.05) is 39.8 Å². The lowest BCUT2D eigenvalue weighted by molar-refractivity contribution is 0.341. The number of nitrogens with one attached hydrogen (secondary N) is 1. The van der Waals surface area contributed by atoms with E-state index < -0.39 is 0 Å². The maximum Gasteiger partial charge on any atom is 0.0502 e. The average molecular weight is 513 g/mol. The molecule has 0 radical (unpaired) electrons. The highest BCUT2D eigenvalue weighted by molar-refractivity contribution is 5.31. The van der Waals surface area contributed by atoms with Gasteiger partial charge in [-0.25, -0.2) is 0 Å². The van der Waals surface area contributed by atoms with Gasteiger partial charge in [-0.1, -0.05) is 79.7 Å². The van der Waals surface area contributed by atoms with Crippen LogP contribution in [0.1, 0.15) is 125 Å². The lowest BCUT2D eigenvalue weighted by atomic mass is 9.99. The summed E-state index contributed by atoms with van der Waals surface area (Å²) in [6.45, 7) is 29.1. The number of likely N-dealkylation sites (N-methyl/N-ethyl adjacent to an activating group) is 1. The summed E-state index contributed by atoms with van der Waals surface area (Å²) in [7, 11) is 2.16. The van der Waals surface area contributed by atoms with E-state index in [-0.39, 0.29) is 0 Å². The summed E-state index contributed by atoms with van der Waals surface area (Å²) in [5.74, 6) is 3.23. The number of terminal acetylenes is 1. The van der Waals surface area contributed by atoms with E-state index in [9.17, 15) is 0 Å². The lowest BCUT2D eigenvalue weighted by Crippen LogP contribution is -2.27. The van der Waals surface area contributed by atoms with Crippen molar-refractivity contribution in [1.82, 2.24) is 10.2 Å². The van der Waals surface area contributed by atoms with Gasteiger partial charge < -0.3 is 10.2 Å². The zero-order chi connectivity index (χ0) is 28.9. The normalized spacial score (nSPS) is 14.3. The first-order valence-corrected chi connectivity index (χ1v) is 15.1. The maximum absolute atomic E-state index is 5.29. The Labute approximate surface area is 234 Å². The molecule has 0 spiro atoms. The van der Waals surface area contributed by atoms with Crippen molar-refractivity contribution in [2.24, 2.45) is 5.92 Å². The van der Waals surface area contributed by atoms with Gasteiger partial charge in [-0.05, 0) is 81.8 Å². The summed E-state index contributed by atoms with van der Waals surface area (Å²) in [6.07, 6.45) is 26.9.